The Morgan fingerprint density at radius 3 is 2.62 bits per heavy atom. The monoisotopic (exact) mass is 434 g/mol. The van der Waals surface area contributed by atoms with Crippen LogP contribution in [-0.4, -0.2) is 41.2 Å². The summed E-state index contributed by atoms with van der Waals surface area (Å²) >= 11 is 0. The standard InChI is InChI=1S/C25H23FN2O4/c1-31-25(30)19-14-32-24-17-6-5-16(26)13-18(17)23(29)21(20(19)24)22(15-7-9-27-10-8-15)28-11-3-2-4-12-28/h5-10,13-14,22,29H,2-4,11-12H2,1H3. The third kappa shape index (κ3) is 3.29. The molecule has 1 aliphatic rings. The van der Waals surface area contributed by atoms with Gasteiger partial charge >= 0.3 is 5.97 Å². The molecule has 1 atom stereocenters. The molecule has 2 aromatic carbocycles. The zero-order valence-electron chi connectivity index (χ0n) is 17.7. The summed E-state index contributed by atoms with van der Waals surface area (Å²) in [6, 6.07) is 7.61. The lowest BCUT2D eigenvalue weighted by atomic mass is 9.88. The Labute approximate surface area is 184 Å². The first kappa shape index (κ1) is 20.5. The van der Waals surface area contributed by atoms with Crippen molar-refractivity contribution in [3.8, 4) is 5.75 Å². The highest BCUT2D eigenvalue weighted by atomic mass is 19.1. The van der Waals surface area contributed by atoms with Crippen molar-refractivity contribution in [3.63, 3.8) is 0 Å². The van der Waals surface area contributed by atoms with Crippen molar-refractivity contribution in [1.82, 2.24) is 9.88 Å². The van der Waals surface area contributed by atoms with E-state index in [1.807, 2.05) is 12.1 Å². The molecular formula is C25H23FN2O4. The van der Waals surface area contributed by atoms with E-state index in [-0.39, 0.29) is 17.4 Å². The number of piperidine rings is 1. The highest BCUT2D eigenvalue weighted by Gasteiger charge is 2.33. The SMILES string of the molecule is COC(=O)c1coc2c1c(C(c1ccncc1)N1CCCCC1)c(O)c1cc(F)ccc12. The summed E-state index contributed by atoms with van der Waals surface area (Å²) in [7, 11) is 1.31. The normalized spacial score (nSPS) is 15.8. The zero-order chi connectivity index (χ0) is 22.2. The first-order valence-corrected chi connectivity index (χ1v) is 10.7. The van der Waals surface area contributed by atoms with Gasteiger partial charge in [-0.3, -0.25) is 9.88 Å². The summed E-state index contributed by atoms with van der Waals surface area (Å²) in [5.41, 5.74) is 2.09. The Hall–Kier alpha value is -3.45. The number of fused-ring (bicyclic) bond motifs is 3. The average molecular weight is 434 g/mol. The molecule has 0 bridgehead atoms. The highest BCUT2D eigenvalue weighted by Crippen LogP contribution is 2.47. The molecule has 0 radical (unpaired) electrons. The number of furan rings is 1. The first-order valence-electron chi connectivity index (χ1n) is 10.7. The third-order valence-electron chi connectivity index (χ3n) is 6.25. The maximum absolute atomic E-state index is 14.2. The van der Waals surface area contributed by atoms with E-state index in [1.54, 1.807) is 18.5 Å². The van der Waals surface area contributed by atoms with Crippen LogP contribution < -0.4 is 0 Å². The van der Waals surface area contributed by atoms with Crippen molar-refractivity contribution >= 4 is 27.7 Å². The van der Waals surface area contributed by atoms with Crippen molar-refractivity contribution in [3.05, 3.63) is 71.5 Å². The third-order valence-corrected chi connectivity index (χ3v) is 6.25. The van der Waals surface area contributed by atoms with E-state index in [9.17, 15) is 14.3 Å². The molecule has 7 heteroatoms. The number of aromatic hydroxyl groups is 1. The Morgan fingerprint density at radius 2 is 1.91 bits per heavy atom. The highest BCUT2D eigenvalue weighted by molar-refractivity contribution is 6.16. The fourth-order valence-corrected chi connectivity index (χ4v) is 4.81. The van der Waals surface area contributed by atoms with Crippen LogP contribution in [0.3, 0.4) is 0 Å². The van der Waals surface area contributed by atoms with Crippen molar-refractivity contribution in [1.29, 1.82) is 0 Å². The van der Waals surface area contributed by atoms with Gasteiger partial charge in [-0.05, 0) is 61.8 Å². The summed E-state index contributed by atoms with van der Waals surface area (Å²) in [4.78, 5) is 19.1. The number of likely N-dealkylation sites (tertiary alicyclic amines) is 1. The van der Waals surface area contributed by atoms with E-state index in [0.29, 0.717) is 27.3 Å². The minimum absolute atomic E-state index is 0.0639. The number of hydrogen-bond acceptors (Lipinski definition) is 6. The lowest BCUT2D eigenvalue weighted by Gasteiger charge is -2.36. The Bertz CT molecular complexity index is 1300. The molecule has 164 valence electrons. The molecule has 5 rings (SSSR count). The number of hydrogen-bond donors (Lipinski definition) is 1. The summed E-state index contributed by atoms with van der Waals surface area (Å²) in [6.45, 7) is 1.67. The quantitative estimate of drug-likeness (QED) is 0.446. The molecule has 2 aromatic heterocycles. The summed E-state index contributed by atoms with van der Waals surface area (Å²) in [5.74, 6) is -1.08. The van der Waals surface area contributed by atoms with Crippen molar-refractivity contribution < 1.29 is 23.4 Å². The maximum atomic E-state index is 14.2. The number of methoxy groups -OCH3 is 1. The molecule has 1 saturated heterocycles. The van der Waals surface area contributed by atoms with E-state index in [4.69, 9.17) is 9.15 Å². The Morgan fingerprint density at radius 1 is 1.16 bits per heavy atom. The number of esters is 1. The van der Waals surface area contributed by atoms with Gasteiger partial charge in [0.05, 0.1) is 13.2 Å². The molecule has 6 nitrogen and oxygen atoms in total. The van der Waals surface area contributed by atoms with Crippen LogP contribution in [0.25, 0.3) is 21.7 Å². The second-order valence-electron chi connectivity index (χ2n) is 8.08. The maximum Gasteiger partial charge on any atom is 0.341 e. The van der Waals surface area contributed by atoms with Gasteiger partial charge < -0.3 is 14.3 Å². The number of phenolic OH excluding ortho intramolecular Hbond substituents is 1. The molecule has 0 spiro atoms. The number of halogens is 1. The second-order valence-corrected chi connectivity index (χ2v) is 8.08. The van der Waals surface area contributed by atoms with Crippen LogP contribution in [0.2, 0.25) is 0 Å². The van der Waals surface area contributed by atoms with Crippen molar-refractivity contribution in [2.75, 3.05) is 20.2 Å². The predicted octanol–water partition coefficient (Wildman–Crippen LogP) is 5.19. The molecule has 0 saturated carbocycles. The number of ether oxygens (including phenoxy) is 1. The molecule has 0 amide bonds. The number of aromatic nitrogens is 1. The Balaban J connectivity index is 1.89. The largest absolute Gasteiger partial charge is 0.507 e. The molecule has 0 aliphatic carbocycles. The van der Waals surface area contributed by atoms with Crippen molar-refractivity contribution in [2.24, 2.45) is 0 Å². The molecule has 1 fully saturated rings. The van der Waals surface area contributed by atoms with E-state index in [2.05, 4.69) is 9.88 Å². The first-order chi connectivity index (χ1) is 15.6. The van der Waals surface area contributed by atoms with Gasteiger partial charge in [-0.2, -0.15) is 0 Å². The van der Waals surface area contributed by atoms with E-state index in [0.717, 1.165) is 37.9 Å². The van der Waals surface area contributed by atoms with Gasteiger partial charge in [-0.1, -0.05) is 6.42 Å². The van der Waals surface area contributed by atoms with Gasteiger partial charge in [0.15, 0.2) is 0 Å². The number of rotatable bonds is 4. The number of nitrogens with zero attached hydrogens (tertiary/aromatic N) is 2. The molecule has 1 N–H and O–H groups in total. The van der Waals surface area contributed by atoms with Gasteiger partial charge in [0, 0.05) is 34.1 Å². The smallest absolute Gasteiger partial charge is 0.341 e. The molecule has 32 heavy (non-hydrogen) atoms. The minimum Gasteiger partial charge on any atom is -0.507 e. The van der Waals surface area contributed by atoms with Crippen molar-refractivity contribution in [2.45, 2.75) is 25.3 Å². The number of benzene rings is 2. The average Bonchev–Trinajstić information content (AvgIpc) is 3.27. The fourth-order valence-electron chi connectivity index (χ4n) is 4.81. The lowest BCUT2D eigenvalue weighted by Crippen LogP contribution is -2.34. The van der Waals surface area contributed by atoms with Crippen LogP contribution in [0, 0.1) is 5.82 Å². The van der Waals surface area contributed by atoms with Crippen LogP contribution >= 0.6 is 0 Å². The number of phenols is 1. The summed E-state index contributed by atoms with van der Waals surface area (Å²) in [5, 5.41) is 12.9. The zero-order valence-corrected chi connectivity index (χ0v) is 17.7. The van der Waals surface area contributed by atoms with Gasteiger partial charge in [-0.25, -0.2) is 9.18 Å². The molecule has 1 aliphatic heterocycles. The molecule has 1 unspecified atom stereocenters. The van der Waals surface area contributed by atoms with E-state index >= 15 is 0 Å². The van der Waals surface area contributed by atoms with Crippen LogP contribution in [0.5, 0.6) is 5.75 Å². The minimum atomic E-state index is -0.557. The lowest BCUT2D eigenvalue weighted by molar-refractivity contribution is 0.0601. The van der Waals surface area contributed by atoms with Crippen LogP contribution in [-0.2, 0) is 4.74 Å². The number of pyridine rings is 1. The van der Waals surface area contributed by atoms with Gasteiger partial charge in [0.25, 0.3) is 0 Å². The fraction of sp³-hybridized carbons (Fsp3) is 0.280. The van der Waals surface area contributed by atoms with Crippen LogP contribution in [0.1, 0.15) is 46.8 Å². The van der Waals surface area contributed by atoms with Gasteiger partial charge in [-0.15, -0.1) is 0 Å². The van der Waals surface area contributed by atoms with Crippen LogP contribution in [0.15, 0.2) is 53.4 Å². The molecule has 4 aromatic rings. The number of carbonyl (C=O) groups excluding carboxylic acids is 1. The summed E-state index contributed by atoms with van der Waals surface area (Å²) in [6.07, 6.45) is 7.96. The van der Waals surface area contributed by atoms with E-state index in [1.165, 1.54) is 25.5 Å². The number of carbonyl (C=O) groups is 1. The van der Waals surface area contributed by atoms with Gasteiger partial charge in [0.2, 0.25) is 0 Å². The topological polar surface area (TPSA) is 75.8 Å². The second kappa shape index (κ2) is 8.24. The van der Waals surface area contributed by atoms with Crippen LogP contribution in [0.4, 0.5) is 4.39 Å². The van der Waals surface area contributed by atoms with Gasteiger partial charge in [0.1, 0.15) is 29.0 Å². The summed E-state index contributed by atoms with van der Waals surface area (Å²) < 4.78 is 25.0. The molecular weight excluding hydrogens is 411 g/mol. The predicted molar refractivity (Wildman–Crippen MR) is 118 cm³/mol. The Kier molecular flexibility index (Phi) is 5.27. The van der Waals surface area contributed by atoms with E-state index < -0.39 is 11.8 Å². The molecule has 3 heterocycles.